The fraction of sp³-hybridized carbons (Fsp3) is 0.444. The average Bonchev–Trinajstić information content (AvgIpc) is 2.11. The lowest BCUT2D eigenvalue weighted by molar-refractivity contribution is -0.138. The van der Waals surface area contributed by atoms with Gasteiger partial charge in [-0.3, -0.25) is 14.4 Å². The van der Waals surface area contributed by atoms with E-state index in [0.29, 0.717) is 0 Å². The molecule has 0 aromatic carbocycles. The largest absolute Gasteiger partial charge is 0.481 e. The zero-order valence-corrected chi connectivity index (χ0v) is 7.03. The monoisotopic (exact) mass is 182 g/mol. The molecule has 0 saturated heterocycles. The molecule has 0 bridgehead atoms. The molecule has 4 heteroatoms. The number of carboxylic acids is 1. The van der Waals surface area contributed by atoms with Crippen molar-refractivity contribution in [1.29, 1.82) is 0 Å². The van der Waals surface area contributed by atoms with Crippen molar-refractivity contribution in [2.45, 2.75) is 19.3 Å². The number of carbonyl (C=O) groups excluding carboxylic acids is 2. The second kappa shape index (κ2) is 3.98. The minimum absolute atomic E-state index is 0.112. The van der Waals surface area contributed by atoms with Crippen LogP contribution in [0.5, 0.6) is 0 Å². The Morgan fingerprint density at radius 1 is 1.31 bits per heavy atom. The van der Waals surface area contributed by atoms with Crippen molar-refractivity contribution in [1.82, 2.24) is 0 Å². The van der Waals surface area contributed by atoms with E-state index in [2.05, 4.69) is 0 Å². The van der Waals surface area contributed by atoms with E-state index in [4.69, 9.17) is 5.11 Å². The zero-order chi connectivity index (χ0) is 9.84. The van der Waals surface area contributed by atoms with Crippen LogP contribution in [0.1, 0.15) is 19.3 Å². The highest BCUT2D eigenvalue weighted by Gasteiger charge is 2.21. The number of aliphatic carboxylic acids is 1. The smallest absolute Gasteiger partial charge is 0.303 e. The molecule has 0 saturated carbocycles. The molecule has 0 radical (unpaired) electrons. The first-order valence-electron chi connectivity index (χ1n) is 4.03. The first kappa shape index (κ1) is 9.64. The number of rotatable bonds is 2. The van der Waals surface area contributed by atoms with E-state index in [-0.39, 0.29) is 36.7 Å². The molecule has 0 spiro atoms. The molecule has 0 fully saturated rings. The third-order valence-electron chi connectivity index (χ3n) is 1.90. The van der Waals surface area contributed by atoms with Gasteiger partial charge in [0, 0.05) is 19.3 Å². The molecule has 0 aromatic heterocycles. The van der Waals surface area contributed by atoms with E-state index < -0.39 is 5.97 Å². The number of ketones is 2. The maximum Gasteiger partial charge on any atom is 0.303 e. The molecule has 1 aliphatic rings. The SMILES string of the molecule is O=C(O)CC1CC(=O)C=CC(=O)C1. The molecule has 13 heavy (non-hydrogen) atoms. The van der Waals surface area contributed by atoms with Crippen LogP contribution < -0.4 is 0 Å². The van der Waals surface area contributed by atoms with E-state index in [0.717, 1.165) is 0 Å². The van der Waals surface area contributed by atoms with Crippen LogP contribution in [0.2, 0.25) is 0 Å². The summed E-state index contributed by atoms with van der Waals surface area (Å²) in [5.41, 5.74) is 0. The number of carbonyl (C=O) groups is 3. The summed E-state index contributed by atoms with van der Waals surface area (Å²) >= 11 is 0. The Labute approximate surface area is 75.2 Å². The molecular formula is C9H10O4. The van der Waals surface area contributed by atoms with Gasteiger partial charge >= 0.3 is 5.97 Å². The molecule has 0 unspecified atom stereocenters. The molecule has 0 amide bonds. The highest BCUT2D eigenvalue weighted by molar-refractivity contribution is 6.01. The summed E-state index contributed by atoms with van der Waals surface area (Å²) in [6, 6.07) is 0. The summed E-state index contributed by atoms with van der Waals surface area (Å²) < 4.78 is 0. The molecule has 0 heterocycles. The lowest BCUT2D eigenvalue weighted by Gasteiger charge is -2.07. The van der Waals surface area contributed by atoms with Crippen molar-refractivity contribution in [3.05, 3.63) is 12.2 Å². The number of carboxylic acid groups (broad SMARTS) is 1. The van der Waals surface area contributed by atoms with Crippen LogP contribution in [0, 0.1) is 5.92 Å². The van der Waals surface area contributed by atoms with Crippen LogP contribution in [0.15, 0.2) is 12.2 Å². The molecule has 70 valence electrons. The molecule has 1 N–H and O–H groups in total. The molecule has 0 aliphatic heterocycles. The van der Waals surface area contributed by atoms with Gasteiger partial charge in [-0.05, 0) is 18.1 Å². The summed E-state index contributed by atoms with van der Waals surface area (Å²) in [5, 5.41) is 8.49. The maximum absolute atomic E-state index is 11.0. The van der Waals surface area contributed by atoms with Gasteiger partial charge in [-0.15, -0.1) is 0 Å². The number of allylic oxidation sites excluding steroid dienone is 2. The number of hydrogen-bond acceptors (Lipinski definition) is 3. The molecule has 0 atom stereocenters. The minimum Gasteiger partial charge on any atom is -0.481 e. The average molecular weight is 182 g/mol. The third-order valence-corrected chi connectivity index (χ3v) is 1.90. The normalized spacial score (nSPS) is 18.8. The van der Waals surface area contributed by atoms with Crippen molar-refractivity contribution in [2.75, 3.05) is 0 Å². The summed E-state index contributed by atoms with van der Waals surface area (Å²) in [6.07, 6.45) is 2.66. The second-order valence-corrected chi connectivity index (χ2v) is 3.14. The van der Waals surface area contributed by atoms with Crippen molar-refractivity contribution >= 4 is 17.5 Å². The lowest BCUT2D eigenvalue weighted by Crippen LogP contribution is -2.12. The van der Waals surface area contributed by atoms with Crippen LogP contribution in [0.25, 0.3) is 0 Å². The van der Waals surface area contributed by atoms with Crippen molar-refractivity contribution in [3.8, 4) is 0 Å². The predicted molar refractivity (Wildman–Crippen MR) is 44.1 cm³/mol. The number of hydrogen-bond donors (Lipinski definition) is 1. The fourth-order valence-corrected chi connectivity index (χ4v) is 1.35. The Morgan fingerprint density at radius 2 is 1.77 bits per heavy atom. The Balaban J connectivity index is 2.62. The molecule has 1 aliphatic carbocycles. The first-order chi connectivity index (χ1) is 6.08. The van der Waals surface area contributed by atoms with E-state index >= 15 is 0 Å². The van der Waals surface area contributed by atoms with Crippen LogP contribution in [-0.2, 0) is 14.4 Å². The molecule has 1 rings (SSSR count). The van der Waals surface area contributed by atoms with Crippen molar-refractivity contribution in [2.24, 2.45) is 5.92 Å². The summed E-state index contributed by atoms with van der Waals surface area (Å²) in [4.78, 5) is 32.3. The van der Waals surface area contributed by atoms with E-state index in [1.807, 2.05) is 0 Å². The highest BCUT2D eigenvalue weighted by atomic mass is 16.4. The van der Waals surface area contributed by atoms with Gasteiger partial charge in [0.15, 0.2) is 11.6 Å². The van der Waals surface area contributed by atoms with Gasteiger partial charge in [0.2, 0.25) is 0 Å². The maximum atomic E-state index is 11.0. The topological polar surface area (TPSA) is 71.4 Å². The fourth-order valence-electron chi connectivity index (χ4n) is 1.35. The summed E-state index contributed by atoms with van der Waals surface area (Å²) in [7, 11) is 0. The van der Waals surface area contributed by atoms with Crippen molar-refractivity contribution in [3.63, 3.8) is 0 Å². The quantitative estimate of drug-likeness (QED) is 0.677. The second-order valence-electron chi connectivity index (χ2n) is 3.14. The first-order valence-corrected chi connectivity index (χ1v) is 4.03. The molecule has 0 aromatic rings. The third kappa shape index (κ3) is 3.19. The Kier molecular flexibility index (Phi) is 2.95. The zero-order valence-electron chi connectivity index (χ0n) is 7.03. The van der Waals surface area contributed by atoms with Gasteiger partial charge in [0.25, 0.3) is 0 Å². The molecular weight excluding hydrogens is 172 g/mol. The standard InChI is InChI=1S/C9H10O4/c10-7-1-2-8(11)4-6(3-7)5-9(12)13/h1-2,6H,3-5H2,(H,12,13). The van der Waals surface area contributed by atoms with E-state index in [1.54, 1.807) is 0 Å². The van der Waals surface area contributed by atoms with Gasteiger partial charge in [-0.1, -0.05) is 0 Å². The van der Waals surface area contributed by atoms with Crippen LogP contribution in [-0.4, -0.2) is 22.6 Å². The Bertz CT molecular complexity index is 257. The van der Waals surface area contributed by atoms with Crippen molar-refractivity contribution < 1.29 is 19.5 Å². The van der Waals surface area contributed by atoms with Crippen LogP contribution >= 0.6 is 0 Å². The van der Waals surface area contributed by atoms with Gasteiger partial charge in [-0.25, -0.2) is 0 Å². The van der Waals surface area contributed by atoms with E-state index in [9.17, 15) is 14.4 Å². The van der Waals surface area contributed by atoms with Crippen LogP contribution in [0.3, 0.4) is 0 Å². The molecule has 4 nitrogen and oxygen atoms in total. The summed E-state index contributed by atoms with van der Waals surface area (Å²) in [5.74, 6) is -1.64. The van der Waals surface area contributed by atoms with Gasteiger partial charge in [-0.2, -0.15) is 0 Å². The van der Waals surface area contributed by atoms with E-state index in [1.165, 1.54) is 12.2 Å². The van der Waals surface area contributed by atoms with Gasteiger partial charge in [0.1, 0.15) is 0 Å². The van der Waals surface area contributed by atoms with Gasteiger partial charge < -0.3 is 5.11 Å². The predicted octanol–water partition coefficient (Wildman–Crippen LogP) is 0.565. The van der Waals surface area contributed by atoms with Crippen LogP contribution in [0.4, 0.5) is 0 Å². The Hall–Kier alpha value is -1.45. The Morgan fingerprint density at radius 3 is 2.15 bits per heavy atom. The lowest BCUT2D eigenvalue weighted by atomic mass is 9.96. The highest BCUT2D eigenvalue weighted by Crippen LogP contribution is 2.17. The minimum atomic E-state index is -0.965. The summed E-state index contributed by atoms with van der Waals surface area (Å²) in [6.45, 7) is 0. The van der Waals surface area contributed by atoms with Gasteiger partial charge in [0.05, 0.1) is 0 Å².